The zero-order valence-electron chi connectivity index (χ0n) is 13.1. The Hall–Kier alpha value is -1.26. The van der Waals surface area contributed by atoms with E-state index in [0.717, 1.165) is 37.1 Å². The van der Waals surface area contributed by atoms with Crippen LogP contribution in [0.2, 0.25) is 0 Å². The molecular weight excluding hydrogens is 262 g/mol. The Bertz CT molecular complexity index is 463. The number of nitrogens with two attached hydrogens (primary N) is 1. The first-order valence-electron chi connectivity index (χ1n) is 8.15. The molecule has 1 saturated carbocycles. The van der Waals surface area contributed by atoms with Gasteiger partial charge in [-0.1, -0.05) is 12.8 Å². The lowest BCUT2D eigenvalue weighted by Crippen LogP contribution is -2.49. The summed E-state index contributed by atoms with van der Waals surface area (Å²) in [4.78, 5) is 5.20. The topological polar surface area (TPSA) is 41.7 Å². The van der Waals surface area contributed by atoms with E-state index in [1.165, 1.54) is 44.3 Å². The van der Waals surface area contributed by atoms with E-state index < -0.39 is 0 Å². The van der Waals surface area contributed by atoms with Gasteiger partial charge in [0.15, 0.2) is 0 Å². The second-order valence-electron chi connectivity index (χ2n) is 6.32. The molecule has 0 atom stereocenters. The highest BCUT2D eigenvalue weighted by atomic mass is 16.5. The van der Waals surface area contributed by atoms with Gasteiger partial charge in [0.25, 0.3) is 0 Å². The maximum Gasteiger partial charge on any atom is 0.119 e. The molecule has 1 aliphatic carbocycles. The molecule has 0 unspecified atom stereocenters. The number of nitrogens with zero attached hydrogens (tertiary/aromatic N) is 2. The summed E-state index contributed by atoms with van der Waals surface area (Å²) >= 11 is 0. The van der Waals surface area contributed by atoms with Crippen molar-refractivity contribution in [1.82, 2.24) is 9.80 Å². The predicted molar refractivity (Wildman–Crippen MR) is 86.5 cm³/mol. The van der Waals surface area contributed by atoms with Crippen molar-refractivity contribution >= 4 is 5.69 Å². The number of piperazine rings is 1. The summed E-state index contributed by atoms with van der Waals surface area (Å²) in [6.45, 7) is 5.63. The van der Waals surface area contributed by atoms with E-state index in [9.17, 15) is 0 Å². The molecule has 2 aliphatic rings. The third-order valence-corrected chi connectivity index (χ3v) is 4.99. The molecule has 21 heavy (non-hydrogen) atoms. The van der Waals surface area contributed by atoms with Crippen molar-refractivity contribution < 1.29 is 4.74 Å². The molecule has 4 heteroatoms. The molecule has 3 rings (SSSR count). The van der Waals surface area contributed by atoms with Gasteiger partial charge in [0.05, 0.1) is 7.11 Å². The summed E-state index contributed by atoms with van der Waals surface area (Å²) in [5.74, 6) is 0.892. The minimum Gasteiger partial charge on any atom is -0.497 e. The van der Waals surface area contributed by atoms with E-state index >= 15 is 0 Å². The van der Waals surface area contributed by atoms with Crippen LogP contribution in [0.15, 0.2) is 18.2 Å². The Labute approximate surface area is 127 Å². The van der Waals surface area contributed by atoms with Crippen LogP contribution in [0.25, 0.3) is 0 Å². The van der Waals surface area contributed by atoms with Crippen molar-refractivity contribution in [1.29, 1.82) is 0 Å². The number of hydrogen-bond acceptors (Lipinski definition) is 4. The monoisotopic (exact) mass is 289 g/mol. The molecule has 0 amide bonds. The van der Waals surface area contributed by atoms with Crippen LogP contribution in [-0.4, -0.2) is 49.1 Å². The lowest BCUT2D eigenvalue weighted by molar-refractivity contribution is 0.0938. The van der Waals surface area contributed by atoms with Crippen LogP contribution < -0.4 is 10.5 Å². The minimum absolute atomic E-state index is 0.856. The molecule has 2 N–H and O–H groups in total. The fraction of sp³-hybridized carbons (Fsp3) is 0.647. The molecule has 1 aromatic carbocycles. The number of methoxy groups -OCH3 is 1. The number of benzene rings is 1. The lowest BCUT2D eigenvalue weighted by atomic mass is 10.1. The van der Waals surface area contributed by atoms with Gasteiger partial charge in [0, 0.05) is 44.5 Å². The number of hydrogen-bond donors (Lipinski definition) is 1. The van der Waals surface area contributed by atoms with Crippen LogP contribution in [-0.2, 0) is 6.54 Å². The summed E-state index contributed by atoms with van der Waals surface area (Å²) in [7, 11) is 1.70. The Morgan fingerprint density at radius 3 is 2.52 bits per heavy atom. The summed E-state index contributed by atoms with van der Waals surface area (Å²) in [5.41, 5.74) is 8.15. The highest BCUT2D eigenvalue weighted by Gasteiger charge is 2.26. The van der Waals surface area contributed by atoms with Gasteiger partial charge in [-0.3, -0.25) is 9.80 Å². The molecule has 1 saturated heterocycles. The average molecular weight is 289 g/mol. The van der Waals surface area contributed by atoms with Crippen LogP contribution in [0, 0.1) is 0 Å². The minimum atomic E-state index is 0.856. The maximum absolute atomic E-state index is 6.10. The highest BCUT2D eigenvalue weighted by Crippen LogP contribution is 2.25. The molecule has 1 heterocycles. The van der Waals surface area contributed by atoms with Crippen molar-refractivity contribution in [2.45, 2.75) is 38.3 Å². The van der Waals surface area contributed by atoms with Gasteiger partial charge in [-0.05, 0) is 36.6 Å². The van der Waals surface area contributed by atoms with Crippen molar-refractivity contribution in [3.8, 4) is 5.75 Å². The van der Waals surface area contributed by atoms with Crippen molar-refractivity contribution in [3.63, 3.8) is 0 Å². The fourth-order valence-corrected chi connectivity index (χ4v) is 3.64. The Kier molecular flexibility index (Phi) is 4.66. The lowest BCUT2D eigenvalue weighted by Gasteiger charge is -2.38. The van der Waals surface area contributed by atoms with Gasteiger partial charge in [-0.25, -0.2) is 0 Å². The Balaban J connectivity index is 1.55. The molecule has 0 aromatic heterocycles. The van der Waals surface area contributed by atoms with Gasteiger partial charge in [-0.2, -0.15) is 0 Å². The van der Waals surface area contributed by atoms with E-state index in [4.69, 9.17) is 10.5 Å². The first-order chi connectivity index (χ1) is 10.3. The van der Waals surface area contributed by atoms with Crippen LogP contribution in [0.5, 0.6) is 5.75 Å². The molecule has 4 nitrogen and oxygen atoms in total. The zero-order chi connectivity index (χ0) is 14.7. The summed E-state index contributed by atoms with van der Waals surface area (Å²) in [6.07, 6.45) is 5.65. The van der Waals surface area contributed by atoms with Crippen LogP contribution >= 0.6 is 0 Å². The SMILES string of the molecule is COc1ccc(N)c(CN2CCN(C3CCCC3)CC2)c1. The highest BCUT2D eigenvalue weighted by molar-refractivity contribution is 5.50. The standard InChI is InChI=1S/C17H27N3O/c1-21-16-6-7-17(18)14(12-16)13-19-8-10-20(11-9-19)15-4-2-3-5-15/h6-7,12,15H,2-5,8-11,13,18H2,1H3. The predicted octanol–water partition coefficient (Wildman–Crippen LogP) is 2.34. The van der Waals surface area contributed by atoms with E-state index in [2.05, 4.69) is 15.9 Å². The summed E-state index contributed by atoms with van der Waals surface area (Å²) < 4.78 is 5.30. The summed E-state index contributed by atoms with van der Waals surface area (Å²) in [6, 6.07) is 6.80. The van der Waals surface area contributed by atoms with E-state index in [1.807, 2.05) is 12.1 Å². The number of ether oxygens (including phenoxy) is 1. The quantitative estimate of drug-likeness (QED) is 0.864. The molecule has 116 valence electrons. The van der Waals surface area contributed by atoms with E-state index in [1.54, 1.807) is 7.11 Å². The second-order valence-corrected chi connectivity index (χ2v) is 6.32. The van der Waals surface area contributed by atoms with Crippen molar-refractivity contribution in [2.75, 3.05) is 39.0 Å². The van der Waals surface area contributed by atoms with Crippen LogP contribution in [0.3, 0.4) is 0 Å². The number of anilines is 1. The van der Waals surface area contributed by atoms with Gasteiger partial charge in [0.1, 0.15) is 5.75 Å². The second kappa shape index (κ2) is 6.67. The Morgan fingerprint density at radius 2 is 1.86 bits per heavy atom. The average Bonchev–Trinajstić information content (AvgIpc) is 3.04. The molecule has 1 aliphatic heterocycles. The van der Waals surface area contributed by atoms with Crippen molar-refractivity contribution in [3.05, 3.63) is 23.8 Å². The fourth-order valence-electron chi connectivity index (χ4n) is 3.64. The Morgan fingerprint density at radius 1 is 1.14 bits per heavy atom. The normalized spacial score (nSPS) is 21.8. The van der Waals surface area contributed by atoms with Gasteiger partial charge >= 0.3 is 0 Å². The van der Waals surface area contributed by atoms with Gasteiger partial charge in [-0.15, -0.1) is 0 Å². The first-order valence-corrected chi connectivity index (χ1v) is 8.15. The smallest absolute Gasteiger partial charge is 0.119 e. The van der Waals surface area contributed by atoms with Crippen LogP contribution in [0.1, 0.15) is 31.2 Å². The van der Waals surface area contributed by atoms with E-state index in [0.29, 0.717) is 0 Å². The van der Waals surface area contributed by atoms with Crippen LogP contribution in [0.4, 0.5) is 5.69 Å². The first kappa shape index (κ1) is 14.7. The van der Waals surface area contributed by atoms with Crippen molar-refractivity contribution in [2.24, 2.45) is 0 Å². The number of nitrogen functional groups attached to an aromatic ring is 1. The maximum atomic E-state index is 6.10. The third kappa shape index (κ3) is 3.50. The zero-order valence-corrected chi connectivity index (χ0v) is 13.1. The van der Waals surface area contributed by atoms with Gasteiger partial charge in [0.2, 0.25) is 0 Å². The molecule has 0 bridgehead atoms. The molecule has 0 spiro atoms. The molecule has 2 fully saturated rings. The molecule has 1 aromatic rings. The van der Waals surface area contributed by atoms with E-state index in [-0.39, 0.29) is 0 Å². The molecule has 0 radical (unpaired) electrons. The third-order valence-electron chi connectivity index (χ3n) is 4.99. The molecular formula is C17H27N3O. The summed E-state index contributed by atoms with van der Waals surface area (Å²) in [5, 5.41) is 0. The van der Waals surface area contributed by atoms with Gasteiger partial charge < -0.3 is 10.5 Å². The largest absolute Gasteiger partial charge is 0.497 e. The number of rotatable bonds is 4.